The quantitative estimate of drug-likeness (QED) is 0.641. The van der Waals surface area contributed by atoms with Gasteiger partial charge in [-0.1, -0.05) is 26.0 Å². The topological polar surface area (TPSA) is 46.3 Å². The molecule has 0 rings (SSSR count). The molecule has 16 heavy (non-hydrogen) atoms. The lowest BCUT2D eigenvalue weighted by Crippen LogP contribution is -2.47. The number of amides is 1. The van der Waals surface area contributed by atoms with Gasteiger partial charge in [0.1, 0.15) is 0 Å². The third-order valence-electron chi connectivity index (χ3n) is 3.18. The smallest absolute Gasteiger partial charge is 0.230 e. The van der Waals surface area contributed by atoms with Crippen molar-refractivity contribution in [3.63, 3.8) is 0 Å². The van der Waals surface area contributed by atoms with Gasteiger partial charge in [0.05, 0.1) is 5.41 Å². The Morgan fingerprint density at radius 2 is 1.69 bits per heavy atom. The third kappa shape index (κ3) is 3.20. The van der Waals surface area contributed by atoms with Crippen LogP contribution in [0.15, 0.2) is 25.3 Å². The van der Waals surface area contributed by atoms with Crippen molar-refractivity contribution in [1.29, 1.82) is 0 Å². The van der Waals surface area contributed by atoms with Crippen LogP contribution in [0.3, 0.4) is 0 Å². The molecule has 92 valence electrons. The van der Waals surface area contributed by atoms with Gasteiger partial charge in [0, 0.05) is 19.6 Å². The highest BCUT2D eigenvalue weighted by atomic mass is 16.2. The highest BCUT2D eigenvalue weighted by Crippen LogP contribution is 2.27. The lowest BCUT2D eigenvalue weighted by Gasteiger charge is -2.34. The summed E-state index contributed by atoms with van der Waals surface area (Å²) in [4.78, 5) is 14.1. The van der Waals surface area contributed by atoms with Crippen molar-refractivity contribution in [3.05, 3.63) is 25.3 Å². The van der Waals surface area contributed by atoms with Crippen LogP contribution < -0.4 is 5.73 Å². The molecular weight excluding hydrogens is 200 g/mol. The highest BCUT2D eigenvalue weighted by molar-refractivity contribution is 5.83. The number of rotatable bonds is 8. The second-order valence-electron chi connectivity index (χ2n) is 3.98. The minimum atomic E-state index is -0.425. The molecule has 0 saturated carbocycles. The Kier molecular flexibility index (Phi) is 6.74. The normalized spacial score (nSPS) is 10.9. The second kappa shape index (κ2) is 7.23. The maximum absolute atomic E-state index is 12.4. The molecule has 0 aromatic heterocycles. The van der Waals surface area contributed by atoms with Gasteiger partial charge in [-0.15, -0.1) is 13.2 Å². The van der Waals surface area contributed by atoms with E-state index in [-0.39, 0.29) is 5.91 Å². The zero-order chi connectivity index (χ0) is 12.6. The Morgan fingerprint density at radius 3 is 1.94 bits per heavy atom. The maximum atomic E-state index is 12.4. The van der Waals surface area contributed by atoms with Crippen LogP contribution >= 0.6 is 0 Å². The van der Waals surface area contributed by atoms with E-state index in [0.717, 1.165) is 12.8 Å². The summed E-state index contributed by atoms with van der Waals surface area (Å²) >= 11 is 0. The number of nitrogens with two attached hydrogens (primary N) is 1. The monoisotopic (exact) mass is 224 g/mol. The zero-order valence-corrected chi connectivity index (χ0v) is 10.5. The van der Waals surface area contributed by atoms with E-state index in [1.165, 1.54) is 0 Å². The predicted octanol–water partition coefficient (Wildman–Crippen LogP) is 1.95. The van der Waals surface area contributed by atoms with Crippen LogP contribution in [0.25, 0.3) is 0 Å². The number of nitrogens with zero attached hydrogens (tertiary/aromatic N) is 1. The van der Waals surface area contributed by atoms with Gasteiger partial charge in [0.15, 0.2) is 0 Å². The average Bonchev–Trinajstić information content (AvgIpc) is 2.31. The summed E-state index contributed by atoms with van der Waals surface area (Å²) in [5.74, 6) is 0.111. The Balaban J connectivity index is 4.92. The van der Waals surface area contributed by atoms with Crippen molar-refractivity contribution < 1.29 is 4.79 Å². The molecule has 0 spiro atoms. The zero-order valence-electron chi connectivity index (χ0n) is 10.5. The van der Waals surface area contributed by atoms with E-state index in [2.05, 4.69) is 13.2 Å². The van der Waals surface area contributed by atoms with Crippen LogP contribution in [-0.2, 0) is 4.79 Å². The lowest BCUT2D eigenvalue weighted by atomic mass is 9.81. The summed E-state index contributed by atoms with van der Waals surface area (Å²) in [5, 5.41) is 0. The van der Waals surface area contributed by atoms with E-state index in [1.54, 1.807) is 17.1 Å². The lowest BCUT2D eigenvalue weighted by molar-refractivity contribution is -0.141. The summed E-state index contributed by atoms with van der Waals surface area (Å²) < 4.78 is 0. The number of carbonyl (C=O) groups excluding carboxylic acids is 1. The molecule has 2 N–H and O–H groups in total. The molecule has 0 atom stereocenters. The summed E-state index contributed by atoms with van der Waals surface area (Å²) in [6.45, 7) is 12.8. The van der Waals surface area contributed by atoms with Gasteiger partial charge in [-0.2, -0.15) is 0 Å². The standard InChI is InChI=1S/C13H24N2O/c1-5-9-15(10-6-2)12(16)13(7-3,8-4)11-14/h5-6H,1-2,7-11,14H2,3-4H3. The Labute approximate surface area is 99.0 Å². The first-order chi connectivity index (χ1) is 7.61. The largest absolute Gasteiger partial charge is 0.335 e. The second-order valence-corrected chi connectivity index (χ2v) is 3.98. The molecule has 0 radical (unpaired) electrons. The van der Waals surface area contributed by atoms with E-state index in [0.29, 0.717) is 19.6 Å². The van der Waals surface area contributed by atoms with Gasteiger partial charge in [-0.25, -0.2) is 0 Å². The molecule has 1 amide bonds. The third-order valence-corrected chi connectivity index (χ3v) is 3.18. The first-order valence-corrected chi connectivity index (χ1v) is 5.83. The van der Waals surface area contributed by atoms with Crippen LogP contribution in [0.5, 0.6) is 0 Å². The molecule has 0 fully saturated rings. The van der Waals surface area contributed by atoms with Crippen LogP contribution in [0.4, 0.5) is 0 Å². The summed E-state index contributed by atoms with van der Waals surface area (Å²) in [5.41, 5.74) is 5.34. The first kappa shape index (κ1) is 14.9. The SMILES string of the molecule is C=CCN(CC=C)C(=O)C(CC)(CC)CN. The van der Waals surface area contributed by atoms with E-state index < -0.39 is 5.41 Å². The number of hydrogen-bond donors (Lipinski definition) is 1. The van der Waals surface area contributed by atoms with Crippen molar-refractivity contribution in [2.75, 3.05) is 19.6 Å². The molecular formula is C13H24N2O. The summed E-state index contributed by atoms with van der Waals surface area (Å²) in [6, 6.07) is 0. The Bertz CT molecular complexity index is 226. The number of carbonyl (C=O) groups is 1. The summed E-state index contributed by atoms with van der Waals surface area (Å²) in [7, 11) is 0. The predicted molar refractivity (Wildman–Crippen MR) is 69.0 cm³/mol. The van der Waals surface area contributed by atoms with Crippen molar-refractivity contribution in [2.45, 2.75) is 26.7 Å². The van der Waals surface area contributed by atoms with Crippen molar-refractivity contribution >= 4 is 5.91 Å². The maximum Gasteiger partial charge on any atom is 0.230 e. The Hall–Kier alpha value is -1.09. The van der Waals surface area contributed by atoms with E-state index in [1.807, 2.05) is 13.8 Å². The van der Waals surface area contributed by atoms with Crippen molar-refractivity contribution in [3.8, 4) is 0 Å². The minimum Gasteiger partial charge on any atom is -0.335 e. The van der Waals surface area contributed by atoms with Crippen molar-refractivity contribution in [1.82, 2.24) is 4.90 Å². The van der Waals surface area contributed by atoms with Gasteiger partial charge in [-0.3, -0.25) is 4.79 Å². The molecule has 3 nitrogen and oxygen atoms in total. The molecule has 0 aliphatic carbocycles. The average molecular weight is 224 g/mol. The van der Waals surface area contributed by atoms with Crippen LogP contribution in [-0.4, -0.2) is 30.4 Å². The van der Waals surface area contributed by atoms with Gasteiger partial charge >= 0.3 is 0 Å². The molecule has 0 unspecified atom stereocenters. The van der Waals surface area contributed by atoms with Crippen LogP contribution in [0, 0.1) is 5.41 Å². The van der Waals surface area contributed by atoms with E-state index in [4.69, 9.17) is 5.73 Å². The fourth-order valence-corrected chi connectivity index (χ4v) is 1.82. The molecule has 0 aromatic rings. The van der Waals surface area contributed by atoms with Gasteiger partial charge in [0.25, 0.3) is 0 Å². The fourth-order valence-electron chi connectivity index (χ4n) is 1.82. The molecule has 0 bridgehead atoms. The molecule has 3 heteroatoms. The minimum absolute atomic E-state index is 0.111. The van der Waals surface area contributed by atoms with Gasteiger partial charge in [-0.05, 0) is 12.8 Å². The van der Waals surface area contributed by atoms with Crippen LogP contribution in [0.1, 0.15) is 26.7 Å². The number of hydrogen-bond acceptors (Lipinski definition) is 2. The fraction of sp³-hybridized carbons (Fsp3) is 0.615. The highest BCUT2D eigenvalue weighted by Gasteiger charge is 2.36. The molecule has 0 aliphatic rings. The van der Waals surface area contributed by atoms with E-state index >= 15 is 0 Å². The first-order valence-electron chi connectivity index (χ1n) is 5.83. The van der Waals surface area contributed by atoms with Crippen LogP contribution in [0.2, 0.25) is 0 Å². The molecule has 0 aliphatic heterocycles. The molecule has 0 saturated heterocycles. The van der Waals surface area contributed by atoms with Gasteiger partial charge in [0.2, 0.25) is 5.91 Å². The Morgan fingerprint density at radius 1 is 1.25 bits per heavy atom. The summed E-state index contributed by atoms with van der Waals surface area (Å²) in [6.07, 6.45) is 5.00. The van der Waals surface area contributed by atoms with Gasteiger partial charge < -0.3 is 10.6 Å². The van der Waals surface area contributed by atoms with E-state index in [9.17, 15) is 4.79 Å². The van der Waals surface area contributed by atoms with Crippen molar-refractivity contribution in [2.24, 2.45) is 11.1 Å². The molecule has 0 heterocycles. The molecule has 0 aromatic carbocycles.